The summed E-state index contributed by atoms with van der Waals surface area (Å²) < 4.78 is 104. The number of alkyl halides is 6. The predicted octanol–water partition coefficient (Wildman–Crippen LogP) is 3.29. The molecule has 0 heterocycles. The van der Waals surface area contributed by atoms with Crippen LogP contribution in [-0.4, -0.2) is 32.4 Å². The zero-order valence-corrected chi connectivity index (χ0v) is 14.6. The Morgan fingerprint density at radius 3 is 1.85 bits per heavy atom. The lowest BCUT2D eigenvalue weighted by Crippen LogP contribution is -2.53. The van der Waals surface area contributed by atoms with Crippen molar-refractivity contribution in [3.05, 3.63) is 29.8 Å². The standard InChI is InChI=1S/C14H18F6N2O3S/c1-9(2)7-8-21-26(24,25)22-11-5-3-10(4-6-11)12(23,13(15,16)17)14(18,19)20/h3-6,9,21-23H,7-8H2,1-2H3. The fourth-order valence-electron chi connectivity index (χ4n) is 1.94. The van der Waals surface area contributed by atoms with Crippen LogP contribution in [0.3, 0.4) is 0 Å². The summed E-state index contributed by atoms with van der Waals surface area (Å²) >= 11 is 0. The van der Waals surface area contributed by atoms with E-state index < -0.39 is 33.7 Å². The molecule has 0 saturated heterocycles. The largest absolute Gasteiger partial charge is 0.430 e. The van der Waals surface area contributed by atoms with Crippen molar-refractivity contribution in [2.75, 3.05) is 11.3 Å². The van der Waals surface area contributed by atoms with Crippen LogP contribution in [0.25, 0.3) is 0 Å². The van der Waals surface area contributed by atoms with Gasteiger partial charge in [-0.3, -0.25) is 4.72 Å². The number of halogens is 6. The first-order chi connectivity index (χ1) is 11.6. The molecule has 0 aliphatic rings. The van der Waals surface area contributed by atoms with E-state index in [4.69, 9.17) is 0 Å². The van der Waals surface area contributed by atoms with Crippen molar-refractivity contribution in [3.8, 4) is 0 Å². The van der Waals surface area contributed by atoms with Crippen LogP contribution in [0.4, 0.5) is 32.0 Å². The van der Waals surface area contributed by atoms with Crippen molar-refractivity contribution in [2.45, 2.75) is 38.2 Å². The van der Waals surface area contributed by atoms with Crippen molar-refractivity contribution in [1.29, 1.82) is 0 Å². The van der Waals surface area contributed by atoms with Crippen LogP contribution in [-0.2, 0) is 15.8 Å². The number of anilines is 1. The predicted molar refractivity (Wildman–Crippen MR) is 82.4 cm³/mol. The van der Waals surface area contributed by atoms with E-state index in [1.54, 1.807) is 0 Å². The number of nitrogens with one attached hydrogen (secondary N) is 2. The normalized spacial score (nSPS) is 13.9. The number of hydrogen-bond donors (Lipinski definition) is 3. The fraction of sp³-hybridized carbons (Fsp3) is 0.571. The van der Waals surface area contributed by atoms with E-state index in [9.17, 15) is 39.9 Å². The van der Waals surface area contributed by atoms with Crippen molar-refractivity contribution < 1.29 is 39.9 Å². The Hall–Kier alpha value is -1.53. The average molecular weight is 408 g/mol. The van der Waals surface area contributed by atoms with E-state index >= 15 is 0 Å². The quantitative estimate of drug-likeness (QED) is 0.606. The summed E-state index contributed by atoms with van der Waals surface area (Å²) in [7, 11) is -4.04. The molecule has 5 nitrogen and oxygen atoms in total. The highest BCUT2D eigenvalue weighted by Gasteiger charge is 2.71. The van der Waals surface area contributed by atoms with Crippen molar-refractivity contribution in [1.82, 2.24) is 4.72 Å². The molecule has 1 rings (SSSR count). The molecule has 0 aromatic heterocycles. The molecule has 0 aliphatic heterocycles. The number of rotatable bonds is 7. The number of hydrogen-bond acceptors (Lipinski definition) is 3. The van der Waals surface area contributed by atoms with Crippen LogP contribution in [0.15, 0.2) is 24.3 Å². The van der Waals surface area contributed by atoms with E-state index in [0.717, 1.165) is 0 Å². The molecule has 150 valence electrons. The first-order valence-corrected chi connectivity index (χ1v) is 8.82. The van der Waals surface area contributed by atoms with Crippen LogP contribution < -0.4 is 9.44 Å². The molecule has 0 radical (unpaired) electrons. The van der Waals surface area contributed by atoms with Crippen molar-refractivity contribution in [3.63, 3.8) is 0 Å². The summed E-state index contributed by atoms with van der Waals surface area (Å²) in [4.78, 5) is 0. The molecule has 1 aromatic rings. The van der Waals surface area contributed by atoms with Gasteiger partial charge < -0.3 is 5.11 Å². The first-order valence-electron chi connectivity index (χ1n) is 7.34. The third kappa shape index (κ3) is 5.24. The van der Waals surface area contributed by atoms with Gasteiger partial charge in [-0.25, -0.2) is 0 Å². The average Bonchev–Trinajstić information content (AvgIpc) is 2.43. The molecule has 0 bridgehead atoms. The van der Waals surface area contributed by atoms with Gasteiger partial charge in [-0.05, 0) is 24.5 Å². The second-order valence-electron chi connectivity index (χ2n) is 5.97. The summed E-state index contributed by atoms with van der Waals surface area (Å²) in [6.45, 7) is 3.83. The fourth-order valence-corrected chi connectivity index (χ4v) is 2.85. The minimum Gasteiger partial charge on any atom is -0.369 e. The smallest absolute Gasteiger partial charge is 0.369 e. The third-order valence-electron chi connectivity index (χ3n) is 3.39. The molecule has 0 fully saturated rings. The van der Waals surface area contributed by atoms with Gasteiger partial charge in [0.1, 0.15) is 0 Å². The molecule has 0 spiro atoms. The van der Waals surface area contributed by atoms with Gasteiger partial charge in [0.2, 0.25) is 0 Å². The lowest BCUT2D eigenvalue weighted by Gasteiger charge is -2.32. The third-order valence-corrected chi connectivity index (χ3v) is 4.48. The number of benzene rings is 1. The highest BCUT2D eigenvalue weighted by atomic mass is 32.2. The van der Waals surface area contributed by atoms with E-state index in [2.05, 4.69) is 4.72 Å². The summed E-state index contributed by atoms with van der Waals surface area (Å²) in [5, 5.41) is 9.25. The lowest BCUT2D eigenvalue weighted by molar-refractivity contribution is -0.376. The monoisotopic (exact) mass is 408 g/mol. The van der Waals surface area contributed by atoms with Gasteiger partial charge in [-0.1, -0.05) is 26.0 Å². The van der Waals surface area contributed by atoms with Crippen LogP contribution in [0.1, 0.15) is 25.8 Å². The Balaban J connectivity index is 3.01. The van der Waals surface area contributed by atoms with Gasteiger partial charge in [0.05, 0.1) is 0 Å². The summed E-state index contributed by atoms with van der Waals surface area (Å²) in [5.74, 6) is 0.222. The molecule has 12 heteroatoms. The SMILES string of the molecule is CC(C)CCNS(=O)(=O)Nc1ccc(C(O)(C(F)(F)F)C(F)(F)F)cc1. The summed E-state index contributed by atoms with van der Waals surface area (Å²) in [6, 6.07) is 2.10. The Bertz CT molecular complexity index is 685. The van der Waals surface area contributed by atoms with E-state index in [1.165, 1.54) is 0 Å². The lowest BCUT2D eigenvalue weighted by atomic mass is 9.92. The maximum atomic E-state index is 12.8. The van der Waals surface area contributed by atoms with Gasteiger partial charge in [0, 0.05) is 17.8 Å². The molecule has 3 N–H and O–H groups in total. The molecular formula is C14H18F6N2O3S. The minimum absolute atomic E-state index is 0.104. The summed E-state index contributed by atoms with van der Waals surface area (Å²) in [5.41, 5.74) is -6.81. The van der Waals surface area contributed by atoms with Gasteiger partial charge in [0.25, 0.3) is 15.8 Å². The second kappa shape index (κ2) is 7.61. The molecule has 0 unspecified atom stereocenters. The molecular weight excluding hydrogens is 390 g/mol. The molecule has 1 aromatic carbocycles. The Labute approximate surface area is 146 Å². The van der Waals surface area contributed by atoms with E-state index in [-0.39, 0.29) is 18.2 Å². The van der Waals surface area contributed by atoms with Crippen LogP contribution in [0, 0.1) is 5.92 Å². The van der Waals surface area contributed by atoms with Crippen LogP contribution in [0.2, 0.25) is 0 Å². The van der Waals surface area contributed by atoms with Crippen LogP contribution in [0.5, 0.6) is 0 Å². The van der Waals surface area contributed by atoms with Crippen LogP contribution >= 0.6 is 0 Å². The zero-order chi connectivity index (χ0) is 20.4. The van der Waals surface area contributed by atoms with Crippen molar-refractivity contribution in [2.24, 2.45) is 5.92 Å². The van der Waals surface area contributed by atoms with E-state index in [1.807, 2.05) is 18.6 Å². The molecule has 0 saturated carbocycles. The Kier molecular flexibility index (Phi) is 6.59. The Morgan fingerprint density at radius 2 is 1.46 bits per heavy atom. The van der Waals surface area contributed by atoms with E-state index in [0.29, 0.717) is 30.7 Å². The topological polar surface area (TPSA) is 78.4 Å². The molecule has 26 heavy (non-hydrogen) atoms. The van der Waals surface area contributed by atoms with Gasteiger partial charge in [-0.15, -0.1) is 0 Å². The van der Waals surface area contributed by atoms with Gasteiger partial charge in [0.15, 0.2) is 0 Å². The second-order valence-corrected chi connectivity index (χ2v) is 7.47. The number of aliphatic hydroxyl groups is 1. The molecule has 0 amide bonds. The highest BCUT2D eigenvalue weighted by molar-refractivity contribution is 7.90. The molecule has 0 aliphatic carbocycles. The maximum absolute atomic E-state index is 12.8. The highest BCUT2D eigenvalue weighted by Crippen LogP contribution is 2.50. The summed E-state index contributed by atoms with van der Waals surface area (Å²) in [6.07, 6.45) is -11.5. The Morgan fingerprint density at radius 1 is 1.00 bits per heavy atom. The zero-order valence-electron chi connectivity index (χ0n) is 13.7. The molecule has 0 atom stereocenters. The van der Waals surface area contributed by atoms with Gasteiger partial charge >= 0.3 is 12.4 Å². The maximum Gasteiger partial charge on any atom is 0.430 e. The van der Waals surface area contributed by atoms with Gasteiger partial charge in [-0.2, -0.15) is 39.5 Å². The minimum atomic E-state index is -6.01. The van der Waals surface area contributed by atoms with Crippen molar-refractivity contribution >= 4 is 15.9 Å². The first kappa shape index (κ1) is 22.5.